The van der Waals surface area contributed by atoms with Gasteiger partial charge in [0.05, 0.1) is 12.1 Å². The first kappa shape index (κ1) is 11.6. The van der Waals surface area contributed by atoms with Crippen LogP contribution in [0.4, 0.5) is 11.5 Å². The molecule has 1 atom stereocenters. The highest BCUT2D eigenvalue weighted by Gasteiger charge is 2.26. The van der Waals surface area contributed by atoms with E-state index in [1.54, 1.807) is 18.6 Å². The third-order valence-electron chi connectivity index (χ3n) is 3.22. The molecule has 2 heterocycles. The van der Waals surface area contributed by atoms with Crippen molar-refractivity contribution >= 4 is 17.4 Å². The maximum atomic E-state index is 12.3. The van der Waals surface area contributed by atoms with Gasteiger partial charge in [-0.3, -0.25) is 9.78 Å². The lowest BCUT2D eigenvalue weighted by Gasteiger charge is -2.25. The van der Waals surface area contributed by atoms with Crippen LogP contribution in [0.5, 0.6) is 0 Å². The Morgan fingerprint density at radius 1 is 1.32 bits per heavy atom. The molecule has 1 aromatic heterocycles. The predicted octanol–water partition coefficient (Wildman–Crippen LogP) is 2.01. The van der Waals surface area contributed by atoms with Crippen LogP contribution >= 0.6 is 0 Å². The molecule has 0 aliphatic carbocycles. The summed E-state index contributed by atoms with van der Waals surface area (Å²) in [5.41, 5.74) is 2.07. The number of nitrogens with zero attached hydrogens (tertiary/aromatic N) is 2. The first-order chi connectivity index (χ1) is 9.34. The number of benzene rings is 1. The van der Waals surface area contributed by atoms with Gasteiger partial charge in [-0.05, 0) is 18.1 Å². The van der Waals surface area contributed by atoms with Crippen molar-refractivity contribution < 1.29 is 4.79 Å². The maximum Gasteiger partial charge on any atom is 0.233 e. The van der Waals surface area contributed by atoms with Gasteiger partial charge in [-0.2, -0.15) is 0 Å². The molecule has 0 spiro atoms. The Balaban J connectivity index is 1.82. The largest absolute Gasteiger partial charge is 0.385 e. The minimum Gasteiger partial charge on any atom is -0.385 e. The van der Waals surface area contributed by atoms with Gasteiger partial charge in [-0.15, -0.1) is 0 Å². The first-order valence-corrected chi connectivity index (χ1v) is 6.24. The number of amides is 1. The summed E-state index contributed by atoms with van der Waals surface area (Å²) < 4.78 is 0. The number of fused-ring (bicyclic) bond motifs is 1. The van der Waals surface area contributed by atoms with Crippen molar-refractivity contribution in [2.45, 2.75) is 12.3 Å². The molecule has 2 aromatic rings. The zero-order valence-corrected chi connectivity index (χ0v) is 10.3. The molecule has 5 heteroatoms. The second-order valence-corrected chi connectivity index (χ2v) is 4.44. The molecule has 1 aliphatic rings. The van der Waals surface area contributed by atoms with E-state index in [2.05, 4.69) is 20.6 Å². The molecule has 1 amide bonds. The summed E-state index contributed by atoms with van der Waals surface area (Å²) in [7, 11) is 0. The van der Waals surface area contributed by atoms with Crippen molar-refractivity contribution in [3.63, 3.8) is 0 Å². The van der Waals surface area contributed by atoms with Gasteiger partial charge in [-0.1, -0.05) is 18.2 Å². The number of aromatic nitrogens is 2. The van der Waals surface area contributed by atoms with Gasteiger partial charge >= 0.3 is 0 Å². The molecule has 5 nitrogen and oxygen atoms in total. The highest BCUT2D eigenvalue weighted by molar-refractivity contribution is 5.96. The zero-order chi connectivity index (χ0) is 13.1. The van der Waals surface area contributed by atoms with Gasteiger partial charge in [0.15, 0.2) is 5.82 Å². The number of carbonyl (C=O) groups is 1. The van der Waals surface area contributed by atoms with Crippen LogP contribution in [0.15, 0.2) is 42.9 Å². The molecule has 1 aliphatic heterocycles. The molecule has 0 saturated carbocycles. The SMILES string of the molecule is O=C(Nc1cnccn1)C1CCNc2ccccc21. The van der Waals surface area contributed by atoms with Crippen molar-refractivity contribution in [2.24, 2.45) is 0 Å². The molecule has 2 N–H and O–H groups in total. The van der Waals surface area contributed by atoms with Gasteiger partial charge in [0, 0.05) is 24.6 Å². The first-order valence-electron chi connectivity index (χ1n) is 6.24. The molecule has 19 heavy (non-hydrogen) atoms. The fraction of sp³-hybridized carbons (Fsp3) is 0.214. The average Bonchev–Trinajstić information content (AvgIpc) is 2.47. The van der Waals surface area contributed by atoms with E-state index < -0.39 is 0 Å². The Kier molecular flexibility index (Phi) is 3.10. The van der Waals surface area contributed by atoms with E-state index in [1.807, 2.05) is 24.3 Å². The molecule has 0 bridgehead atoms. The lowest BCUT2D eigenvalue weighted by Crippen LogP contribution is -2.27. The maximum absolute atomic E-state index is 12.3. The van der Waals surface area contributed by atoms with Crippen molar-refractivity contribution in [1.29, 1.82) is 0 Å². The molecule has 0 radical (unpaired) electrons. The van der Waals surface area contributed by atoms with Gasteiger partial charge in [0.1, 0.15) is 0 Å². The molecule has 3 rings (SSSR count). The molecule has 96 valence electrons. The van der Waals surface area contributed by atoms with E-state index in [1.165, 1.54) is 0 Å². The van der Waals surface area contributed by atoms with Gasteiger partial charge in [0.2, 0.25) is 5.91 Å². The Morgan fingerprint density at radius 3 is 3.05 bits per heavy atom. The lowest BCUT2D eigenvalue weighted by atomic mass is 9.90. The standard InChI is InChI=1S/C14H14N4O/c19-14(18-13-9-15-7-8-17-13)11-5-6-16-12-4-2-1-3-10(11)12/h1-4,7-9,11,16H,5-6H2,(H,17,18,19). The number of rotatable bonds is 2. The van der Waals surface area contributed by atoms with Crippen LogP contribution in [0.3, 0.4) is 0 Å². The summed E-state index contributed by atoms with van der Waals surface area (Å²) >= 11 is 0. The van der Waals surface area contributed by atoms with Crippen LogP contribution in [0, 0.1) is 0 Å². The molecular formula is C14H14N4O. The van der Waals surface area contributed by atoms with E-state index in [4.69, 9.17) is 0 Å². The Bertz CT molecular complexity index is 585. The van der Waals surface area contributed by atoms with E-state index in [0.29, 0.717) is 5.82 Å². The molecule has 0 saturated heterocycles. The molecule has 1 aromatic carbocycles. The van der Waals surface area contributed by atoms with E-state index in [-0.39, 0.29) is 11.8 Å². The van der Waals surface area contributed by atoms with Crippen molar-refractivity contribution in [3.05, 3.63) is 48.4 Å². The number of carbonyl (C=O) groups excluding carboxylic acids is 1. The van der Waals surface area contributed by atoms with Crippen LogP contribution in [0.2, 0.25) is 0 Å². The van der Waals surface area contributed by atoms with Gasteiger partial charge in [0.25, 0.3) is 0 Å². The number of anilines is 2. The van der Waals surface area contributed by atoms with E-state index >= 15 is 0 Å². The van der Waals surface area contributed by atoms with Crippen LogP contribution in [-0.2, 0) is 4.79 Å². The number of para-hydroxylation sites is 1. The van der Waals surface area contributed by atoms with Crippen molar-refractivity contribution in [1.82, 2.24) is 9.97 Å². The quantitative estimate of drug-likeness (QED) is 0.860. The fourth-order valence-corrected chi connectivity index (χ4v) is 2.32. The zero-order valence-electron chi connectivity index (χ0n) is 10.3. The highest BCUT2D eigenvalue weighted by Crippen LogP contribution is 2.31. The van der Waals surface area contributed by atoms with Crippen molar-refractivity contribution in [2.75, 3.05) is 17.2 Å². The second kappa shape index (κ2) is 5.06. The van der Waals surface area contributed by atoms with Gasteiger partial charge in [-0.25, -0.2) is 4.98 Å². The Hall–Kier alpha value is -2.43. The summed E-state index contributed by atoms with van der Waals surface area (Å²) in [6.45, 7) is 0.801. The summed E-state index contributed by atoms with van der Waals surface area (Å²) in [6, 6.07) is 7.91. The van der Waals surface area contributed by atoms with E-state index in [9.17, 15) is 4.79 Å². The normalized spacial score (nSPS) is 17.2. The number of hydrogen-bond donors (Lipinski definition) is 2. The topological polar surface area (TPSA) is 66.9 Å². The average molecular weight is 254 g/mol. The third kappa shape index (κ3) is 2.40. The Labute approximate surface area is 111 Å². The van der Waals surface area contributed by atoms with Crippen molar-refractivity contribution in [3.8, 4) is 0 Å². The minimum absolute atomic E-state index is 0.0329. The molecular weight excluding hydrogens is 240 g/mol. The Morgan fingerprint density at radius 2 is 2.21 bits per heavy atom. The summed E-state index contributed by atoms with van der Waals surface area (Å²) in [5, 5.41) is 6.12. The summed E-state index contributed by atoms with van der Waals surface area (Å²) in [6.07, 6.45) is 5.47. The van der Waals surface area contributed by atoms with Crippen LogP contribution in [-0.4, -0.2) is 22.4 Å². The smallest absolute Gasteiger partial charge is 0.233 e. The van der Waals surface area contributed by atoms with E-state index in [0.717, 1.165) is 24.2 Å². The second-order valence-electron chi connectivity index (χ2n) is 4.44. The highest BCUT2D eigenvalue weighted by atomic mass is 16.1. The monoisotopic (exact) mass is 254 g/mol. The minimum atomic E-state index is -0.139. The fourth-order valence-electron chi connectivity index (χ4n) is 2.32. The summed E-state index contributed by atoms with van der Waals surface area (Å²) in [5.74, 6) is 0.317. The predicted molar refractivity (Wildman–Crippen MR) is 73.0 cm³/mol. The van der Waals surface area contributed by atoms with Gasteiger partial charge < -0.3 is 10.6 Å². The third-order valence-corrected chi connectivity index (χ3v) is 3.22. The molecule has 0 fully saturated rings. The number of nitrogens with one attached hydrogen (secondary N) is 2. The summed E-state index contributed by atoms with van der Waals surface area (Å²) in [4.78, 5) is 20.3. The lowest BCUT2D eigenvalue weighted by molar-refractivity contribution is -0.117. The molecule has 1 unspecified atom stereocenters. The van der Waals surface area contributed by atoms with Crippen LogP contribution < -0.4 is 10.6 Å². The number of hydrogen-bond acceptors (Lipinski definition) is 4. The van der Waals surface area contributed by atoms with Crippen LogP contribution in [0.1, 0.15) is 17.9 Å². The van der Waals surface area contributed by atoms with Crippen LogP contribution in [0.25, 0.3) is 0 Å².